The lowest BCUT2D eigenvalue weighted by Gasteiger charge is -2.48. The molecule has 0 saturated carbocycles. The van der Waals surface area contributed by atoms with Crippen molar-refractivity contribution in [2.75, 3.05) is 13.7 Å². The van der Waals surface area contributed by atoms with Crippen LogP contribution in [-0.2, 0) is 14.3 Å². The number of nitrogens with zero attached hydrogens (tertiary/aromatic N) is 2. The van der Waals surface area contributed by atoms with Crippen molar-refractivity contribution in [1.29, 1.82) is 0 Å². The molecule has 3 atom stereocenters. The van der Waals surface area contributed by atoms with Crippen LogP contribution in [0.15, 0.2) is 59.1 Å². The first kappa shape index (κ1) is 18.2. The molecule has 0 aliphatic carbocycles. The highest BCUT2D eigenvalue weighted by atomic mass is 79.9. The molecule has 2 fully saturated rings. The third-order valence-corrected chi connectivity index (χ3v) is 5.56. The SMILES string of the molecule is COC(=O)[C@H]1N[C@@H](c2cccc(Br)c2)N2C(=O)CCN2[C@@H]1c1ccccc1. The molecule has 7 heteroatoms. The molecule has 1 N–H and O–H groups in total. The zero-order valence-corrected chi connectivity index (χ0v) is 16.4. The van der Waals surface area contributed by atoms with E-state index in [-0.39, 0.29) is 17.9 Å². The van der Waals surface area contributed by atoms with Crippen molar-refractivity contribution in [1.82, 2.24) is 15.3 Å². The van der Waals surface area contributed by atoms with Gasteiger partial charge < -0.3 is 4.74 Å². The molecule has 2 aromatic carbocycles. The monoisotopic (exact) mass is 429 g/mol. The standard InChI is InChI=1S/C20H20BrN3O3/c1-27-20(26)17-18(13-6-3-2-4-7-13)23-11-10-16(25)24(23)19(22-17)14-8-5-9-15(21)12-14/h2-9,12,17-19,22H,10-11H2,1H3/t17-,18+,19+/m0/s1. The predicted octanol–water partition coefficient (Wildman–Crippen LogP) is 2.78. The van der Waals surface area contributed by atoms with Crippen LogP contribution in [0.5, 0.6) is 0 Å². The number of ether oxygens (including phenoxy) is 1. The summed E-state index contributed by atoms with van der Waals surface area (Å²) in [6.45, 7) is 0.568. The lowest BCUT2D eigenvalue weighted by molar-refractivity contribution is -0.173. The Morgan fingerprint density at radius 1 is 1.15 bits per heavy atom. The van der Waals surface area contributed by atoms with Crippen molar-refractivity contribution in [3.8, 4) is 0 Å². The van der Waals surface area contributed by atoms with Gasteiger partial charge in [0.15, 0.2) is 0 Å². The molecule has 0 bridgehead atoms. The number of carbonyl (C=O) groups is 2. The van der Waals surface area contributed by atoms with Crippen LogP contribution in [0.4, 0.5) is 0 Å². The highest BCUT2D eigenvalue weighted by molar-refractivity contribution is 9.10. The zero-order chi connectivity index (χ0) is 19.0. The van der Waals surface area contributed by atoms with E-state index in [1.54, 1.807) is 5.01 Å². The highest BCUT2D eigenvalue weighted by Gasteiger charge is 2.50. The molecular formula is C20H20BrN3O3. The van der Waals surface area contributed by atoms with Crippen molar-refractivity contribution in [2.45, 2.75) is 24.7 Å². The van der Waals surface area contributed by atoms with Gasteiger partial charge in [0.2, 0.25) is 5.91 Å². The van der Waals surface area contributed by atoms with Crippen molar-refractivity contribution in [2.24, 2.45) is 0 Å². The van der Waals surface area contributed by atoms with Gasteiger partial charge in [-0.2, -0.15) is 0 Å². The minimum Gasteiger partial charge on any atom is -0.468 e. The number of rotatable bonds is 3. The number of benzene rings is 2. The van der Waals surface area contributed by atoms with Crippen molar-refractivity contribution in [3.63, 3.8) is 0 Å². The van der Waals surface area contributed by atoms with E-state index in [1.165, 1.54) is 7.11 Å². The van der Waals surface area contributed by atoms with Gasteiger partial charge in [-0.25, -0.2) is 5.01 Å². The van der Waals surface area contributed by atoms with E-state index in [1.807, 2.05) is 59.6 Å². The summed E-state index contributed by atoms with van der Waals surface area (Å²) in [5.41, 5.74) is 1.87. The molecule has 0 radical (unpaired) electrons. The Kier molecular flexibility index (Phi) is 4.99. The van der Waals surface area contributed by atoms with E-state index < -0.39 is 12.2 Å². The summed E-state index contributed by atoms with van der Waals surface area (Å²) < 4.78 is 6.00. The van der Waals surface area contributed by atoms with Crippen molar-refractivity contribution >= 4 is 27.8 Å². The first-order chi connectivity index (χ1) is 13.1. The lowest BCUT2D eigenvalue weighted by Crippen LogP contribution is -2.63. The van der Waals surface area contributed by atoms with Gasteiger partial charge in [-0.1, -0.05) is 58.4 Å². The van der Waals surface area contributed by atoms with Gasteiger partial charge in [0.05, 0.1) is 13.2 Å². The first-order valence-electron chi connectivity index (χ1n) is 8.83. The number of hydrogen-bond donors (Lipinski definition) is 1. The highest BCUT2D eigenvalue weighted by Crippen LogP contribution is 2.40. The molecule has 6 nitrogen and oxygen atoms in total. The Bertz CT molecular complexity index is 861. The predicted molar refractivity (Wildman–Crippen MR) is 103 cm³/mol. The number of hydrogen-bond acceptors (Lipinski definition) is 5. The largest absolute Gasteiger partial charge is 0.468 e. The number of amides is 1. The minimum absolute atomic E-state index is 0.0386. The number of esters is 1. The number of nitrogens with one attached hydrogen (secondary N) is 1. The van der Waals surface area contributed by atoms with Gasteiger partial charge >= 0.3 is 5.97 Å². The smallest absolute Gasteiger partial charge is 0.325 e. The number of methoxy groups -OCH3 is 1. The fourth-order valence-corrected chi connectivity index (χ4v) is 4.31. The maximum atomic E-state index is 12.7. The molecule has 0 spiro atoms. The summed E-state index contributed by atoms with van der Waals surface area (Å²) in [4.78, 5) is 25.4. The molecule has 0 aromatic heterocycles. The summed E-state index contributed by atoms with van der Waals surface area (Å²) >= 11 is 3.49. The second kappa shape index (κ2) is 7.42. The van der Waals surface area contributed by atoms with E-state index in [0.717, 1.165) is 15.6 Å². The summed E-state index contributed by atoms with van der Waals surface area (Å²) in [7, 11) is 1.39. The van der Waals surface area contributed by atoms with Crippen LogP contribution in [0.2, 0.25) is 0 Å². The third-order valence-electron chi connectivity index (χ3n) is 5.07. The number of fused-ring (bicyclic) bond motifs is 1. The number of halogens is 1. The molecular weight excluding hydrogens is 410 g/mol. The molecule has 140 valence electrons. The van der Waals surface area contributed by atoms with Crippen LogP contribution < -0.4 is 5.32 Å². The lowest BCUT2D eigenvalue weighted by atomic mass is 9.96. The molecule has 2 saturated heterocycles. The summed E-state index contributed by atoms with van der Waals surface area (Å²) in [6.07, 6.45) is -0.00906. The first-order valence-corrected chi connectivity index (χ1v) is 9.62. The molecule has 2 heterocycles. The summed E-state index contributed by atoms with van der Waals surface area (Å²) in [6, 6.07) is 16.6. The van der Waals surface area contributed by atoms with E-state index >= 15 is 0 Å². The average Bonchev–Trinajstić information content (AvgIpc) is 3.08. The van der Waals surface area contributed by atoms with Crippen LogP contribution in [0, 0.1) is 0 Å². The summed E-state index contributed by atoms with van der Waals surface area (Å²) in [5, 5.41) is 7.12. The maximum absolute atomic E-state index is 12.7. The Balaban J connectivity index is 1.79. The molecule has 27 heavy (non-hydrogen) atoms. The molecule has 2 aliphatic rings. The zero-order valence-electron chi connectivity index (χ0n) is 14.8. The molecule has 0 unspecified atom stereocenters. The number of hydrazine groups is 1. The fraction of sp³-hybridized carbons (Fsp3) is 0.300. The average molecular weight is 430 g/mol. The van der Waals surface area contributed by atoms with Crippen LogP contribution in [0.3, 0.4) is 0 Å². The molecule has 2 aliphatic heterocycles. The minimum atomic E-state index is -0.594. The quantitative estimate of drug-likeness (QED) is 0.759. The molecule has 1 amide bonds. The van der Waals surface area contributed by atoms with Gasteiger partial charge in [0, 0.05) is 17.4 Å². The van der Waals surface area contributed by atoms with Gasteiger partial charge in [-0.05, 0) is 23.3 Å². The van der Waals surface area contributed by atoms with Gasteiger partial charge in [0.1, 0.15) is 12.2 Å². The Morgan fingerprint density at radius 3 is 2.59 bits per heavy atom. The molecule has 2 aromatic rings. The maximum Gasteiger partial charge on any atom is 0.325 e. The van der Waals surface area contributed by atoms with E-state index in [9.17, 15) is 9.59 Å². The fourth-order valence-electron chi connectivity index (χ4n) is 3.90. The number of carbonyl (C=O) groups excluding carboxylic acids is 2. The Labute approximate surface area is 166 Å². The van der Waals surface area contributed by atoms with E-state index in [0.29, 0.717) is 13.0 Å². The topological polar surface area (TPSA) is 61.9 Å². The molecule has 4 rings (SSSR count). The third kappa shape index (κ3) is 3.26. The summed E-state index contributed by atoms with van der Waals surface area (Å²) in [5.74, 6) is -0.306. The van der Waals surface area contributed by atoms with Crippen molar-refractivity contribution in [3.05, 3.63) is 70.2 Å². The van der Waals surface area contributed by atoms with Gasteiger partial charge in [0.25, 0.3) is 0 Å². The van der Waals surface area contributed by atoms with Crippen LogP contribution >= 0.6 is 15.9 Å². The van der Waals surface area contributed by atoms with Crippen molar-refractivity contribution < 1.29 is 14.3 Å². The van der Waals surface area contributed by atoms with Gasteiger partial charge in [-0.15, -0.1) is 0 Å². The second-order valence-electron chi connectivity index (χ2n) is 6.63. The van der Waals surface area contributed by atoms with Gasteiger partial charge in [-0.3, -0.25) is 19.9 Å². The van der Waals surface area contributed by atoms with Crippen LogP contribution in [0.25, 0.3) is 0 Å². The Hall–Kier alpha value is -2.22. The van der Waals surface area contributed by atoms with Crippen LogP contribution in [-0.4, -0.2) is 41.6 Å². The Morgan fingerprint density at radius 2 is 1.89 bits per heavy atom. The van der Waals surface area contributed by atoms with Crippen LogP contribution in [0.1, 0.15) is 29.8 Å². The second-order valence-corrected chi connectivity index (χ2v) is 7.55. The normalized spacial score (nSPS) is 25.3. The van der Waals surface area contributed by atoms with E-state index in [4.69, 9.17) is 4.74 Å². The van der Waals surface area contributed by atoms with E-state index in [2.05, 4.69) is 21.2 Å².